The van der Waals surface area contributed by atoms with Gasteiger partial charge >= 0.3 is 0 Å². The molecule has 0 bridgehead atoms. The van der Waals surface area contributed by atoms with Gasteiger partial charge in [-0.1, -0.05) is 42.5 Å². The van der Waals surface area contributed by atoms with Crippen LogP contribution in [-0.2, 0) is 21.4 Å². The maximum absolute atomic E-state index is 13.3. The lowest BCUT2D eigenvalue weighted by Crippen LogP contribution is -2.47. The first-order chi connectivity index (χ1) is 14.9. The first kappa shape index (κ1) is 22.0. The van der Waals surface area contributed by atoms with Crippen LogP contribution in [0.4, 0.5) is 0 Å². The molecule has 1 aliphatic rings. The number of aromatic nitrogens is 1. The van der Waals surface area contributed by atoms with E-state index < -0.39 is 16.1 Å². The summed E-state index contributed by atoms with van der Waals surface area (Å²) in [6.07, 6.45) is 0. The molecule has 0 aliphatic carbocycles. The summed E-state index contributed by atoms with van der Waals surface area (Å²) in [5.74, 6) is 0.401. The predicted octanol–water partition coefficient (Wildman–Crippen LogP) is 3.81. The third-order valence-corrected chi connectivity index (χ3v) is 9.20. The van der Waals surface area contributed by atoms with Crippen LogP contribution in [-0.4, -0.2) is 41.3 Å². The molecule has 2 heterocycles. The molecule has 1 atom stereocenters. The summed E-state index contributed by atoms with van der Waals surface area (Å²) in [5, 5.41) is 5.67. The minimum absolute atomic E-state index is 0.264. The molecule has 1 aliphatic heterocycles. The van der Waals surface area contributed by atoms with Crippen molar-refractivity contribution in [2.45, 2.75) is 31.3 Å². The Morgan fingerprint density at radius 2 is 1.97 bits per heavy atom. The lowest BCUT2D eigenvalue weighted by molar-refractivity contribution is -0.124. The third-order valence-electron chi connectivity index (χ3n) is 5.09. The fourth-order valence-electron chi connectivity index (χ4n) is 3.38. The standard InChI is InChI=1S/C22H23N3O3S3/c1-15-8-9-16(2)20(10-15)31(27,28)25-14-29-13-19(25)21(26)23-11-18-12-30-22(24-18)17-6-4-3-5-7-17/h3-10,12,19H,11,13-14H2,1-2H3,(H,23,26). The van der Waals surface area contributed by atoms with Crippen LogP contribution in [0.25, 0.3) is 10.6 Å². The summed E-state index contributed by atoms with van der Waals surface area (Å²) in [7, 11) is -3.76. The fourth-order valence-corrected chi connectivity index (χ4v) is 7.67. The monoisotopic (exact) mass is 473 g/mol. The molecule has 2 aromatic carbocycles. The van der Waals surface area contributed by atoms with Crippen LogP contribution in [0.1, 0.15) is 16.8 Å². The Hall–Kier alpha value is -2.20. The van der Waals surface area contributed by atoms with Gasteiger partial charge in [0.25, 0.3) is 0 Å². The SMILES string of the molecule is Cc1ccc(C)c(S(=O)(=O)N2CSCC2C(=O)NCc2csc(-c3ccccc3)n2)c1. The summed E-state index contributed by atoms with van der Waals surface area (Å²) in [6, 6.07) is 14.5. The number of carbonyl (C=O) groups is 1. The number of sulfonamides is 1. The largest absolute Gasteiger partial charge is 0.349 e. The van der Waals surface area contributed by atoms with Crippen LogP contribution in [0.5, 0.6) is 0 Å². The summed E-state index contributed by atoms with van der Waals surface area (Å²) in [5.41, 5.74) is 3.34. The molecule has 4 rings (SSSR count). The molecule has 1 amide bonds. The van der Waals surface area contributed by atoms with Gasteiger partial charge in [0.1, 0.15) is 11.0 Å². The lowest BCUT2D eigenvalue weighted by Gasteiger charge is -2.23. The number of hydrogen-bond donors (Lipinski definition) is 1. The van der Waals surface area contributed by atoms with Crippen LogP contribution in [0.2, 0.25) is 0 Å². The van der Waals surface area contributed by atoms with E-state index in [1.807, 2.05) is 48.7 Å². The number of rotatable bonds is 6. The van der Waals surface area contributed by atoms with Crippen molar-refractivity contribution in [3.05, 3.63) is 70.7 Å². The van der Waals surface area contributed by atoms with Crippen molar-refractivity contribution >= 4 is 39.0 Å². The van der Waals surface area contributed by atoms with Gasteiger partial charge in [0.05, 0.1) is 23.0 Å². The molecule has 0 spiro atoms. The minimum Gasteiger partial charge on any atom is -0.349 e. The van der Waals surface area contributed by atoms with Gasteiger partial charge in [0.2, 0.25) is 15.9 Å². The van der Waals surface area contributed by atoms with Crippen molar-refractivity contribution in [3.8, 4) is 10.6 Å². The van der Waals surface area contributed by atoms with Gasteiger partial charge < -0.3 is 5.32 Å². The topological polar surface area (TPSA) is 79.4 Å². The van der Waals surface area contributed by atoms with Gasteiger partial charge in [-0.05, 0) is 31.0 Å². The summed E-state index contributed by atoms with van der Waals surface area (Å²) in [6.45, 7) is 3.90. The molecule has 1 aromatic heterocycles. The number of hydrogen-bond acceptors (Lipinski definition) is 6. The molecular weight excluding hydrogens is 450 g/mol. The number of nitrogens with one attached hydrogen (secondary N) is 1. The second kappa shape index (κ2) is 9.12. The van der Waals surface area contributed by atoms with E-state index in [2.05, 4.69) is 10.3 Å². The number of amides is 1. The molecule has 6 nitrogen and oxygen atoms in total. The molecule has 1 saturated heterocycles. The lowest BCUT2D eigenvalue weighted by atomic mass is 10.2. The Kier molecular flexibility index (Phi) is 6.47. The number of carbonyl (C=O) groups excluding carboxylic acids is 1. The van der Waals surface area contributed by atoms with Crippen molar-refractivity contribution in [1.82, 2.24) is 14.6 Å². The predicted molar refractivity (Wildman–Crippen MR) is 125 cm³/mol. The number of benzene rings is 2. The Balaban J connectivity index is 1.46. The van der Waals surface area contributed by atoms with Crippen molar-refractivity contribution in [2.75, 3.05) is 11.6 Å². The van der Waals surface area contributed by atoms with Crippen LogP contribution in [0.3, 0.4) is 0 Å². The first-order valence-electron chi connectivity index (χ1n) is 9.80. The second-order valence-corrected chi connectivity index (χ2v) is 11.1. The molecule has 9 heteroatoms. The van der Waals surface area contributed by atoms with E-state index in [9.17, 15) is 13.2 Å². The summed E-state index contributed by atoms with van der Waals surface area (Å²) in [4.78, 5) is 17.7. The van der Waals surface area contributed by atoms with Gasteiger partial charge in [-0.3, -0.25) is 4.79 Å². The third kappa shape index (κ3) is 4.69. The van der Waals surface area contributed by atoms with E-state index >= 15 is 0 Å². The van der Waals surface area contributed by atoms with Gasteiger partial charge in [-0.25, -0.2) is 13.4 Å². The van der Waals surface area contributed by atoms with Gasteiger partial charge in [0, 0.05) is 16.7 Å². The van der Waals surface area contributed by atoms with Crippen molar-refractivity contribution in [3.63, 3.8) is 0 Å². The van der Waals surface area contributed by atoms with Crippen LogP contribution >= 0.6 is 23.1 Å². The molecule has 162 valence electrons. The summed E-state index contributed by atoms with van der Waals surface area (Å²) >= 11 is 2.96. The van der Waals surface area contributed by atoms with Crippen LogP contribution < -0.4 is 5.32 Å². The zero-order chi connectivity index (χ0) is 22.0. The number of thiazole rings is 1. The quantitative estimate of drug-likeness (QED) is 0.589. The number of thioether (sulfide) groups is 1. The van der Waals surface area contributed by atoms with E-state index in [-0.39, 0.29) is 23.2 Å². The Bertz CT molecular complexity index is 1190. The molecule has 1 fully saturated rings. The Morgan fingerprint density at radius 1 is 1.19 bits per heavy atom. The van der Waals surface area contributed by atoms with Gasteiger partial charge in [-0.15, -0.1) is 23.1 Å². The van der Waals surface area contributed by atoms with E-state index in [1.54, 1.807) is 19.1 Å². The zero-order valence-corrected chi connectivity index (χ0v) is 19.7. The van der Waals surface area contributed by atoms with Crippen LogP contribution in [0.15, 0.2) is 58.8 Å². The van der Waals surface area contributed by atoms with E-state index in [0.29, 0.717) is 11.3 Å². The van der Waals surface area contributed by atoms with Crippen molar-refractivity contribution in [1.29, 1.82) is 0 Å². The highest BCUT2D eigenvalue weighted by atomic mass is 32.2. The molecule has 0 saturated carbocycles. The zero-order valence-electron chi connectivity index (χ0n) is 17.2. The fraction of sp³-hybridized carbons (Fsp3) is 0.273. The normalized spacial score (nSPS) is 17.0. The van der Waals surface area contributed by atoms with E-state index in [4.69, 9.17) is 0 Å². The molecule has 1 unspecified atom stereocenters. The van der Waals surface area contributed by atoms with Crippen molar-refractivity contribution < 1.29 is 13.2 Å². The molecular formula is C22H23N3O3S3. The van der Waals surface area contributed by atoms with E-state index in [1.165, 1.54) is 27.4 Å². The smallest absolute Gasteiger partial charge is 0.244 e. The molecule has 3 aromatic rings. The minimum atomic E-state index is -3.76. The summed E-state index contributed by atoms with van der Waals surface area (Å²) < 4.78 is 27.9. The maximum atomic E-state index is 13.3. The highest BCUT2D eigenvalue weighted by molar-refractivity contribution is 8.00. The van der Waals surface area contributed by atoms with E-state index in [0.717, 1.165) is 21.8 Å². The van der Waals surface area contributed by atoms with Crippen LogP contribution in [0, 0.1) is 13.8 Å². The average Bonchev–Trinajstić information content (AvgIpc) is 3.44. The molecule has 0 radical (unpaired) electrons. The number of aryl methyl sites for hydroxylation is 2. The van der Waals surface area contributed by atoms with Gasteiger partial charge in [0.15, 0.2) is 0 Å². The highest BCUT2D eigenvalue weighted by Gasteiger charge is 2.40. The average molecular weight is 474 g/mol. The first-order valence-corrected chi connectivity index (χ1v) is 13.3. The number of nitrogens with zero attached hydrogens (tertiary/aromatic N) is 2. The molecule has 31 heavy (non-hydrogen) atoms. The maximum Gasteiger partial charge on any atom is 0.244 e. The Labute approximate surface area is 190 Å². The van der Waals surface area contributed by atoms with Gasteiger partial charge in [-0.2, -0.15) is 4.31 Å². The van der Waals surface area contributed by atoms with Crippen molar-refractivity contribution in [2.24, 2.45) is 0 Å². The Morgan fingerprint density at radius 3 is 2.74 bits per heavy atom. The highest BCUT2D eigenvalue weighted by Crippen LogP contribution is 2.30. The second-order valence-electron chi connectivity index (χ2n) is 7.40. The molecule has 1 N–H and O–H groups in total.